The van der Waals surface area contributed by atoms with E-state index in [2.05, 4.69) is 53.4 Å². The molecule has 1 heterocycles. The molecule has 3 aromatic carbocycles. The summed E-state index contributed by atoms with van der Waals surface area (Å²) in [4.78, 5) is 2.60. The van der Waals surface area contributed by atoms with Crippen LogP contribution in [0.5, 0.6) is 11.5 Å². The van der Waals surface area contributed by atoms with Gasteiger partial charge in [-0.2, -0.15) is 0 Å². The average Bonchev–Trinajstić information content (AvgIpc) is 3.28. The Hall–Kier alpha value is -3.24. The van der Waals surface area contributed by atoms with Gasteiger partial charge in [-0.15, -0.1) is 0 Å². The van der Waals surface area contributed by atoms with E-state index in [4.69, 9.17) is 14.2 Å². The van der Waals surface area contributed by atoms with E-state index in [0.717, 1.165) is 47.8 Å². The molecule has 2 aliphatic rings. The van der Waals surface area contributed by atoms with Gasteiger partial charge >= 0.3 is 0 Å². The third-order valence-corrected chi connectivity index (χ3v) is 7.19. The predicted octanol–water partition coefficient (Wildman–Crippen LogP) is 6.37. The Bertz CT molecular complexity index is 1160. The Labute approximate surface area is 209 Å². The highest BCUT2D eigenvalue weighted by molar-refractivity contribution is 5.95. The number of ether oxygens (including phenoxy) is 3. The van der Waals surface area contributed by atoms with Crippen LogP contribution < -0.4 is 9.47 Å². The molecule has 4 heteroatoms. The Balaban J connectivity index is 1.40. The Morgan fingerprint density at radius 2 is 1.49 bits per heavy atom. The quantitative estimate of drug-likeness (QED) is 0.364. The van der Waals surface area contributed by atoms with Crippen molar-refractivity contribution in [2.45, 2.75) is 38.7 Å². The van der Waals surface area contributed by atoms with Crippen LogP contribution in [0.2, 0.25) is 0 Å². The Morgan fingerprint density at radius 3 is 2.20 bits per heavy atom. The number of fused-ring (bicyclic) bond motifs is 1. The van der Waals surface area contributed by atoms with Crippen molar-refractivity contribution in [1.29, 1.82) is 0 Å². The molecule has 0 N–H and O–H groups in total. The summed E-state index contributed by atoms with van der Waals surface area (Å²) >= 11 is 0. The van der Waals surface area contributed by atoms with Gasteiger partial charge in [-0.25, -0.2) is 0 Å². The third kappa shape index (κ3) is 5.38. The van der Waals surface area contributed by atoms with Crippen molar-refractivity contribution in [1.82, 2.24) is 4.90 Å². The predicted molar refractivity (Wildman–Crippen MR) is 142 cm³/mol. The van der Waals surface area contributed by atoms with Crippen molar-refractivity contribution >= 4 is 11.3 Å². The molecule has 0 aromatic heterocycles. The zero-order chi connectivity index (χ0) is 24.0. The first-order valence-electron chi connectivity index (χ1n) is 12.7. The summed E-state index contributed by atoms with van der Waals surface area (Å²) in [6, 6.07) is 23.5. The lowest BCUT2D eigenvalue weighted by Crippen LogP contribution is -2.31. The number of piperidine rings is 1. The molecule has 35 heavy (non-hydrogen) atoms. The lowest BCUT2D eigenvalue weighted by molar-refractivity contribution is 0.231. The molecule has 5 rings (SSSR count). The number of nitrogens with zero attached hydrogens (tertiary/aromatic N) is 1. The average molecular weight is 470 g/mol. The standard InChI is InChI=1S/C31H35NO3/c1-33-29-20-26-19-27(25-13-11-23(12-14-25)15-18-32-16-7-4-8-17-32)31(28(26)21-30(29)34-2)35-22-24-9-5-3-6-10-24/h3,5-6,9-14,20-21H,4,7-8,15-19,22H2,1-2H3. The highest BCUT2D eigenvalue weighted by Crippen LogP contribution is 2.44. The second-order valence-corrected chi connectivity index (χ2v) is 9.47. The molecule has 0 atom stereocenters. The normalized spacial score (nSPS) is 15.7. The van der Waals surface area contributed by atoms with Crippen LogP contribution in [0, 0.1) is 0 Å². The number of likely N-dealkylation sites (tertiary alicyclic amines) is 1. The molecule has 0 radical (unpaired) electrons. The van der Waals surface area contributed by atoms with Crippen LogP contribution in [0.25, 0.3) is 11.3 Å². The smallest absolute Gasteiger partial charge is 0.161 e. The van der Waals surface area contributed by atoms with Gasteiger partial charge in [-0.3, -0.25) is 0 Å². The van der Waals surface area contributed by atoms with Crippen LogP contribution in [-0.4, -0.2) is 38.8 Å². The number of hydrogen-bond acceptors (Lipinski definition) is 4. The maximum Gasteiger partial charge on any atom is 0.161 e. The minimum atomic E-state index is 0.529. The summed E-state index contributed by atoms with van der Waals surface area (Å²) in [5.74, 6) is 2.41. The van der Waals surface area contributed by atoms with Gasteiger partial charge in [-0.1, -0.05) is 61.0 Å². The number of rotatable bonds is 9. The van der Waals surface area contributed by atoms with E-state index in [1.54, 1.807) is 14.2 Å². The maximum absolute atomic E-state index is 6.49. The van der Waals surface area contributed by atoms with Gasteiger partial charge in [0.25, 0.3) is 0 Å². The molecule has 3 aromatic rings. The van der Waals surface area contributed by atoms with Gasteiger partial charge in [0, 0.05) is 24.1 Å². The number of methoxy groups -OCH3 is 2. The van der Waals surface area contributed by atoms with Gasteiger partial charge in [0.15, 0.2) is 11.5 Å². The summed E-state index contributed by atoms with van der Waals surface area (Å²) in [6.07, 6.45) is 5.98. The molecule has 1 saturated heterocycles. The first kappa shape index (κ1) is 23.5. The lowest BCUT2D eigenvalue weighted by atomic mass is 10.0. The van der Waals surface area contributed by atoms with Crippen molar-refractivity contribution in [2.24, 2.45) is 0 Å². The molecule has 1 aliphatic heterocycles. The molecule has 0 amide bonds. The first-order chi connectivity index (χ1) is 17.2. The zero-order valence-electron chi connectivity index (χ0n) is 20.9. The highest BCUT2D eigenvalue weighted by atomic mass is 16.5. The molecule has 0 bridgehead atoms. The van der Waals surface area contributed by atoms with Crippen molar-refractivity contribution in [3.63, 3.8) is 0 Å². The molecule has 4 nitrogen and oxygen atoms in total. The number of allylic oxidation sites excluding steroid dienone is 1. The maximum atomic E-state index is 6.49. The van der Waals surface area contributed by atoms with Crippen molar-refractivity contribution in [3.05, 3.63) is 94.5 Å². The molecular formula is C31H35NO3. The van der Waals surface area contributed by atoms with E-state index >= 15 is 0 Å². The van der Waals surface area contributed by atoms with E-state index < -0.39 is 0 Å². The minimum Gasteiger partial charge on any atom is -0.493 e. The summed E-state index contributed by atoms with van der Waals surface area (Å²) < 4.78 is 17.7. The SMILES string of the molecule is COc1cc2c(cc1OC)C(OCc1ccccc1)=C(c1ccc(CCN3CCCCC3)cc1)C2. The van der Waals surface area contributed by atoms with Crippen molar-refractivity contribution in [3.8, 4) is 11.5 Å². The Morgan fingerprint density at radius 1 is 0.771 bits per heavy atom. The summed E-state index contributed by atoms with van der Waals surface area (Å²) in [5.41, 5.74) is 7.27. The van der Waals surface area contributed by atoms with Crippen LogP contribution in [0.4, 0.5) is 0 Å². The fourth-order valence-electron chi connectivity index (χ4n) is 5.18. The van der Waals surface area contributed by atoms with Crippen LogP contribution in [0.1, 0.15) is 47.1 Å². The van der Waals surface area contributed by atoms with Gasteiger partial charge < -0.3 is 19.1 Å². The molecule has 182 valence electrons. The molecule has 1 aliphatic carbocycles. The lowest BCUT2D eigenvalue weighted by Gasteiger charge is -2.26. The monoisotopic (exact) mass is 469 g/mol. The van der Waals surface area contributed by atoms with Gasteiger partial charge in [0.1, 0.15) is 12.4 Å². The van der Waals surface area contributed by atoms with E-state index in [0.29, 0.717) is 6.61 Å². The highest BCUT2D eigenvalue weighted by Gasteiger charge is 2.27. The van der Waals surface area contributed by atoms with Gasteiger partial charge in [0.2, 0.25) is 0 Å². The molecular weight excluding hydrogens is 434 g/mol. The summed E-state index contributed by atoms with van der Waals surface area (Å²) in [7, 11) is 3.36. The van der Waals surface area contributed by atoms with Crippen LogP contribution >= 0.6 is 0 Å². The van der Waals surface area contributed by atoms with Crippen LogP contribution in [0.15, 0.2) is 66.7 Å². The molecule has 0 unspecified atom stereocenters. The fraction of sp³-hybridized carbons (Fsp3) is 0.355. The van der Waals surface area contributed by atoms with E-state index in [1.165, 1.54) is 54.6 Å². The summed E-state index contributed by atoms with van der Waals surface area (Å²) in [5, 5.41) is 0. The number of hydrogen-bond donors (Lipinski definition) is 0. The topological polar surface area (TPSA) is 30.9 Å². The Kier molecular flexibility index (Phi) is 7.39. The summed E-state index contributed by atoms with van der Waals surface area (Å²) in [6.45, 7) is 4.18. The van der Waals surface area contributed by atoms with E-state index in [1.807, 2.05) is 18.2 Å². The van der Waals surface area contributed by atoms with E-state index in [-0.39, 0.29) is 0 Å². The third-order valence-electron chi connectivity index (χ3n) is 7.19. The molecule has 1 fully saturated rings. The molecule has 0 spiro atoms. The first-order valence-corrected chi connectivity index (χ1v) is 12.7. The van der Waals surface area contributed by atoms with E-state index in [9.17, 15) is 0 Å². The fourth-order valence-corrected chi connectivity index (χ4v) is 5.18. The molecule has 0 saturated carbocycles. The van der Waals surface area contributed by atoms with Gasteiger partial charge in [0.05, 0.1) is 14.2 Å². The zero-order valence-corrected chi connectivity index (χ0v) is 20.9. The second-order valence-electron chi connectivity index (χ2n) is 9.47. The largest absolute Gasteiger partial charge is 0.493 e. The number of benzene rings is 3. The van der Waals surface area contributed by atoms with Crippen molar-refractivity contribution in [2.75, 3.05) is 33.9 Å². The van der Waals surface area contributed by atoms with Crippen LogP contribution in [0.3, 0.4) is 0 Å². The van der Waals surface area contributed by atoms with Crippen molar-refractivity contribution < 1.29 is 14.2 Å². The second kappa shape index (κ2) is 11.0. The van der Waals surface area contributed by atoms with Gasteiger partial charge in [-0.05, 0) is 66.7 Å². The minimum absolute atomic E-state index is 0.529. The van der Waals surface area contributed by atoms with Crippen LogP contribution in [-0.2, 0) is 24.2 Å².